The van der Waals surface area contributed by atoms with Crippen molar-refractivity contribution in [3.8, 4) is 5.75 Å². The molecule has 1 heterocycles. The van der Waals surface area contributed by atoms with Crippen molar-refractivity contribution in [2.45, 2.75) is 45.5 Å². The van der Waals surface area contributed by atoms with Crippen LogP contribution in [0.15, 0.2) is 60.3 Å². The fourth-order valence-electron chi connectivity index (χ4n) is 3.00. The molecule has 0 spiro atoms. The Morgan fingerprint density at radius 3 is 2.68 bits per heavy atom. The summed E-state index contributed by atoms with van der Waals surface area (Å²) in [6.07, 6.45) is 2.75. The van der Waals surface area contributed by atoms with E-state index in [4.69, 9.17) is 4.74 Å². The molecule has 6 nitrogen and oxygen atoms in total. The first-order chi connectivity index (χ1) is 15.0. The van der Waals surface area contributed by atoms with E-state index in [1.54, 1.807) is 6.08 Å². The zero-order valence-corrected chi connectivity index (χ0v) is 19.0. The molecule has 0 fully saturated rings. The first-order valence-corrected chi connectivity index (χ1v) is 11.2. The lowest BCUT2D eigenvalue weighted by Crippen LogP contribution is -2.15. The largest absolute Gasteiger partial charge is 0.485 e. The number of ether oxygens (including phenoxy) is 1. The van der Waals surface area contributed by atoms with Gasteiger partial charge in [-0.1, -0.05) is 49.0 Å². The van der Waals surface area contributed by atoms with Crippen LogP contribution in [-0.2, 0) is 24.4 Å². The molecule has 0 aliphatic heterocycles. The Morgan fingerprint density at radius 2 is 1.97 bits per heavy atom. The second-order valence-corrected chi connectivity index (χ2v) is 8.19. The fourth-order valence-corrected chi connectivity index (χ4v) is 3.77. The summed E-state index contributed by atoms with van der Waals surface area (Å²) in [5.74, 6) is 1.67. The Bertz CT molecular complexity index is 1040. The Labute approximate surface area is 187 Å². The van der Waals surface area contributed by atoms with Gasteiger partial charge in [0.05, 0.1) is 5.75 Å². The van der Waals surface area contributed by atoms with Crippen molar-refractivity contribution in [1.82, 2.24) is 14.8 Å². The average molecular weight is 437 g/mol. The molecule has 0 saturated carbocycles. The predicted octanol–water partition coefficient (Wildman–Crippen LogP) is 4.95. The molecule has 0 bridgehead atoms. The minimum absolute atomic E-state index is 0.0874. The summed E-state index contributed by atoms with van der Waals surface area (Å²) in [4.78, 5) is 12.4. The zero-order chi connectivity index (χ0) is 22.2. The van der Waals surface area contributed by atoms with E-state index < -0.39 is 0 Å². The summed E-state index contributed by atoms with van der Waals surface area (Å²) in [5.41, 5.74) is 4.23. The van der Waals surface area contributed by atoms with Crippen LogP contribution in [0.25, 0.3) is 0 Å². The number of nitrogens with one attached hydrogen (secondary N) is 1. The van der Waals surface area contributed by atoms with Crippen LogP contribution in [-0.4, -0.2) is 26.4 Å². The van der Waals surface area contributed by atoms with E-state index in [2.05, 4.69) is 35.1 Å². The van der Waals surface area contributed by atoms with E-state index in [-0.39, 0.29) is 11.7 Å². The fraction of sp³-hybridized carbons (Fsp3) is 0.292. The second kappa shape index (κ2) is 10.8. The molecule has 1 aromatic heterocycles. The SMILES string of the molecule is C=CCn1c(COc2cc(C)ccc2C)nnc1SCC(=O)Nc1ccc(CC)cc1. The van der Waals surface area contributed by atoms with E-state index in [1.807, 2.05) is 54.8 Å². The van der Waals surface area contributed by atoms with Gasteiger partial charge in [0, 0.05) is 12.2 Å². The van der Waals surface area contributed by atoms with Gasteiger partial charge in [0.15, 0.2) is 11.0 Å². The van der Waals surface area contributed by atoms with E-state index in [9.17, 15) is 4.79 Å². The maximum absolute atomic E-state index is 12.4. The minimum atomic E-state index is -0.0874. The number of carbonyl (C=O) groups excluding carboxylic acids is 1. The summed E-state index contributed by atoms with van der Waals surface area (Å²) >= 11 is 1.34. The Kier molecular flexibility index (Phi) is 7.89. The number of allylic oxidation sites excluding steroid dienone is 1. The Morgan fingerprint density at radius 1 is 1.19 bits per heavy atom. The summed E-state index contributed by atoms with van der Waals surface area (Å²) < 4.78 is 7.90. The number of nitrogens with zero attached hydrogens (tertiary/aromatic N) is 3. The highest BCUT2D eigenvalue weighted by atomic mass is 32.2. The Hall–Kier alpha value is -3.06. The molecule has 3 aromatic rings. The zero-order valence-electron chi connectivity index (χ0n) is 18.2. The summed E-state index contributed by atoms with van der Waals surface area (Å²) in [5, 5.41) is 12.1. The number of aryl methyl sites for hydroxylation is 3. The lowest BCUT2D eigenvalue weighted by molar-refractivity contribution is -0.113. The van der Waals surface area contributed by atoms with E-state index in [1.165, 1.54) is 17.3 Å². The normalized spacial score (nSPS) is 10.7. The van der Waals surface area contributed by atoms with Crippen LogP contribution in [0.3, 0.4) is 0 Å². The maximum Gasteiger partial charge on any atom is 0.234 e. The van der Waals surface area contributed by atoms with Crippen molar-refractivity contribution in [3.63, 3.8) is 0 Å². The van der Waals surface area contributed by atoms with Gasteiger partial charge in [0.25, 0.3) is 0 Å². The number of anilines is 1. The van der Waals surface area contributed by atoms with Crippen molar-refractivity contribution in [1.29, 1.82) is 0 Å². The molecular formula is C24H28N4O2S. The number of aromatic nitrogens is 3. The molecule has 1 N–H and O–H groups in total. The number of thioether (sulfide) groups is 1. The maximum atomic E-state index is 12.4. The number of hydrogen-bond donors (Lipinski definition) is 1. The summed E-state index contributed by atoms with van der Waals surface area (Å²) in [6.45, 7) is 10.8. The van der Waals surface area contributed by atoms with Crippen molar-refractivity contribution >= 4 is 23.4 Å². The molecule has 0 saturated heterocycles. The van der Waals surface area contributed by atoms with Gasteiger partial charge >= 0.3 is 0 Å². The minimum Gasteiger partial charge on any atom is -0.485 e. The predicted molar refractivity (Wildman–Crippen MR) is 126 cm³/mol. The standard InChI is InChI=1S/C24H28N4O2S/c1-5-13-28-22(15-30-21-14-17(3)7-8-18(21)4)26-27-24(28)31-16-23(29)25-20-11-9-19(6-2)10-12-20/h5,7-12,14H,1,6,13,15-16H2,2-4H3,(H,25,29). The van der Waals surface area contributed by atoms with Gasteiger partial charge in [0.2, 0.25) is 5.91 Å². The van der Waals surface area contributed by atoms with Gasteiger partial charge in [-0.25, -0.2) is 0 Å². The molecule has 31 heavy (non-hydrogen) atoms. The number of hydrogen-bond acceptors (Lipinski definition) is 5. The first-order valence-electron chi connectivity index (χ1n) is 10.2. The third-order valence-electron chi connectivity index (χ3n) is 4.78. The number of rotatable bonds is 10. The molecule has 0 radical (unpaired) electrons. The number of benzene rings is 2. The first kappa shape index (κ1) is 22.6. The third-order valence-corrected chi connectivity index (χ3v) is 5.75. The number of amides is 1. The highest BCUT2D eigenvalue weighted by Crippen LogP contribution is 2.22. The van der Waals surface area contributed by atoms with Crippen molar-refractivity contribution < 1.29 is 9.53 Å². The molecule has 0 aliphatic carbocycles. The van der Waals surface area contributed by atoms with Gasteiger partial charge in [-0.15, -0.1) is 16.8 Å². The summed E-state index contributed by atoms with van der Waals surface area (Å²) in [6, 6.07) is 14.0. The molecule has 0 aliphatic rings. The van der Waals surface area contributed by atoms with E-state index in [0.717, 1.165) is 29.0 Å². The number of carbonyl (C=O) groups is 1. The van der Waals surface area contributed by atoms with Crippen LogP contribution >= 0.6 is 11.8 Å². The highest BCUT2D eigenvalue weighted by molar-refractivity contribution is 7.99. The molecule has 3 rings (SSSR count). The topological polar surface area (TPSA) is 69.0 Å². The lowest BCUT2D eigenvalue weighted by atomic mass is 10.1. The van der Waals surface area contributed by atoms with E-state index >= 15 is 0 Å². The van der Waals surface area contributed by atoms with Crippen LogP contribution < -0.4 is 10.1 Å². The third kappa shape index (κ3) is 6.21. The van der Waals surface area contributed by atoms with Crippen LogP contribution in [0.1, 0.15) is 29.4 Å². The molecule has 1 amide bonds. The van der Waals surface area contributed by atoms with Crippen LogP contribution in [0.4, 0.5) is 5.69 Å². The Balaban J connectivity index is 1.61. The summed E-state index contributed by atoms with van der Waals surface area (Å²) in [7, 11) is 0. The van der Waals surface area contributed by atoms with Crippen molar-refractivity contribution in [2.75, 3.05) is 11.1 Å². The highest BCUT2D eigenvalue weighted by Gasteiger charge is 2.15. The molecular weight excluding hydrogens is 408 g/mol. The molecule has 2 aromatic carbocycles. The van der Waals surface area contributed by atoms with Crippen LogP contribution in [0, 0.1) is 13.8 Å². The van der Waals surface area contributed by atoms with Crippen molar-refractivity contribution in [2.24, 2.45) is 0 Å². The van der Waals surface area contributed by atoms with Gasteiger partial charge in [-0.2, -0.15) is 0 Å². The van der Waals surface area contributed by atoms with Gasteiger partial charge in [-0.3, -0.25) is 9.36 Å². The molecule has 0 unspecified atom stereocenters. The monoisotopic (exact) mass is 436 g/mol. The lowest BCUT2D eigenvalue weighted by Gasteiger charge is -2.11. The average Bonchev–Trinajstić information content (AvgIpc) is 3.15. The van der Waals surface area contributed by atoms with E-state index in [0.29, 0.717) is 24.1 Å². The molecule has 7 heteroatoms. The van der Waals surface area contributed by atoms with Crippen LogP contribution in [0.5, 0.6) is 5.75 Å². The van der Waals surface area contributed by atoms with Gasteiger partial charge in [0.1, 0.15) is 12.4 Å². The van der Waals surface area contributed by atoms with Gasteiger partial charge < -0.3 is 10.1 Å². The molecule has 0 atom stereocenters. The second-order valence-electron chi connectivity index (χ2n) is 7.24. The van der Waals surface area contributed by atoms with Crippen LogP contribution in [0.2, 0.25) is 0 Å². The smallest absolute Gasteiger partial charge is 0.234 e. The van der Waals surface area contributed by atoms with Crippen molar-refractivity contribution in [3.05, 3.63) is 77.6 Å². The molecule has 162 valence electrons. The van der Waals surface area contributed by atoms with Gasteiger partial charge in [-0.05, 0) is 55.2 Å². The quantitative estimate of drug-likeness (QED) is 0.360.